The standard InChI is InChI=1S/C11H11FO3/c1-2-15-11(14)7-10(13)8-5-3-4-6-9(8)12/h3-7,13H,2H2,1H3/p-1/b10-7-. The third-order valence-electron chi connectivity index (χ3n) is 1.67. The molecule has 15 heavy (non-hydrogen) atoms. The number of hydrogen-bond donors (Lipinski definition) is 0. The van der Waals surface area contributed by atoms with Crippen molar-refractivity contribution in [1.29, 1.82) is 0 Å². The molecule has 0 radical (unpaired) electrons. The highest BCUT2D eigenvalue weighted by molar-refractivity contribution is 5.89. The molecule has 0 amide bonds. The Hall–Kier alpha value is -1.84. The fourth-order valence-corrected chi connectivity index (χ4v) is 1.03. The Balaban J connectivity index is 2.89. The van der Waals surface area contributed by atoms with E-state index in [1.54, 1.807) is 6.92 Å². The zero-order valence-electron chi connectivity index (χ0n) is 8.20. The molecule has 1 aromatic carbocycles. The summed E-state index contributed by atoms with van der Waals surface area (Å²) in [6, 6.07) is 5.46. The van der Waals surface area contributed by atoms with Gasteiger partial charge in [0.05, 0.1) is 6.61 Å². The molecule has 0 fully saturated rings. The number of halogens is 1. The first kappa shape index (κ1) is 11.2. The van der Waals surface area contributed by atoms with Crippen molar-refractivity contribution in [2.75, 3.05) is 6.61 Å². The molecule has 0 heterocycles. The van der Waals surface area contributed by atoms with Crippen LogP contribution in [-0.2, 0) is 9.53 Å². The van der Waals surface area contributed by atoms with Crippen LogP contribution in [0.25, 0.3) is 5.76 Å². The Bertz CT molecular complexity index is 385. The molecule has 0 N–H and O–H groups in total. The molecule has 4 heteroatoms. The first-order valence-electron chi connectivity index (χ1n) is 4.45. The summed E-state index contributed by atoms with van der Waals surface area (Å²) < 4.78 is 17.6. The summed E-state index contributed by atoms with van der Waals surface area (Å²) in [6.07, 6.45) is 0.738. The molecule has 0 atom stereocenters. The third-order valence-corrected chi connectivity index (χ3v) is 1.67. The predicted octanol–water partition coefficient (Wildman–Crippen LogP) is 1.09. The lowest BCUT2D eigenvalue weighted by molar-refractivity contribution is -0.244. The quantitative estimate of drug-likeness (QED) is 0.425. The van der Waals surface area contributed by atoms with Gasteiger partial charge < -0.3 is 9.84 Å². The van der Waals surface area contributed by atoms with Crippen LogP contribution in [0.2, 0.25) is 0 Å². The van der Waals surface area contributed by atoms with Crippen molar-refractivity contribution in [3.05, 3.63) is 41.7 Å². The van der Waals surface area contributed by atoms with Crippen molar-refractivity contribution in [2.45, 2.75) is 6.92 Å². The van der Waals surface area contributed by atoms with Gasteiger partial charge >= 0.3 is 5.97 Å². The number of carbonyl (C=O) groups excluding carboxylic acids is 1. The second kappa shape index (κ2) is 5.14. The second-order valence-corrected chi connectivity index (χ2v) is 2.74. The molecule has 1 rings (SSSR count). The minimum Gasteiger partial charge on any atom is -0.872 e. The van der Waals surface area contributed by atoms with Crippen LogP contribution in [0, 0.1) is 5.82 Å². The van der Waals surface area contributed by atoms with E-state index in [0.29, 0.717) is 0 Å². The van der Waals surface area contributed by atoms with Crippen molar-refractivity contribution >= 4 is 11.7 Å². The van der Waals surface area contributed by atoms with Gasteiger partial charge in [0.1, 0.15) is 5.82 Å². The Labute approximate surface area is 86.8 Å². The van der Waals surface area contributed by atoms with Crippen molar-refractivity contribution < 1.29 is 19.0 Å². The SMILES string of the molecule is CCOC(=O)/C=C(\[O-])c1ccccc1F. The van der Waals surface area contributed by atoms with E-state index in [2.05, 4.69) is 4.74 Å². The number of benzene rings is 1. The predicted molar refractivity (Wildman–Crippen MR) is 51.0 cm³/mol. The molecule has 0 unspecified atom stereocenters. The second-order valence-electron chi connectivity index (χ2n) is 2.74. The summed E-state index contributed by atoms with van der Waals surface area (Å²) >= 11 is 0. The van der Waals surface area contributed by atoms with E-state index >= 15 is 0 Å². The lowest BCUT2D eigenvalue weighted by Crippen LogP contribution is -2.09. The number of rotatable bonds is 3. The first-order valence-corrected chi connectivity index (χ1v) is 4.45. The van der Waals surface area contributed by atoms with Gasteiger partial charge in [-0.1, -0.05) is 24.0 Å². The highest BCUT2D eigenvalue weighted by atomic mass is 19.1. The lowest BCUT2D eigenvalue weighted by atomic mass is 10.1. The van der Waals surface area contributed by atoms with E-state index in [1.807, 2.05) is 0 Å². The molecule has 0 saturated carbocycles. The van der Waals surface area contributed by atoms with Crippen LogP contribution >= 0.6 is 0 Å². The van der Waals surface area contributed by atoms with Crippen LogP contribution < -0.4 is 5.11 Å². The van der Waals surface area contributed by atoms with Gasteiger partial charge in [-0.05, 0) is 13.0 Å². The number of esters is 1. The average Bonchev–Trinajstić information content (AvgIpc) is 2.18. The topological polar surface area (TPSA) is 49.4 Å². The molecule has 0 spiro atoms. The van der Waals surface area contributed by atoms with Gasteiger partial charge in [0.2, 0.25) is 0 Å². The van der Waals surface area contributed by atoms with Crippen LogP contribution in [0.5, 0.6) is 0 Å². The largest absolute Gasteiger partial charge is 0.872 e. The molecule has 3 nitrogen and oxygen atoms in total. The fourth-order valence-electron chi connectivity index (χ4n) is 1.03. The summed E-state index contributed by atoms with van der Waals surface area (Å²) in [6.45, 7) is 1.80. The van der Waals surface area contributed by atoms with E-state index in [-0.39, 0.29) is 12.2 Å². The smallest absolute Gasteiger partial charge is 0.330 e. The number of ether oxygens (including phenoxy) is 1. The first-order chi connectivity index (χ1) is 7.15. The van der Waals surface area contributed by atoms with E-state index in [9.17, 15) is 14.3 Å². The van der Waals surface area contributed by atoms with Gasteiger partial charge in [0.15, 0.2) is 0 Å². The Kier molecular flexibility index (Phi) is 3.85. The minimum atomic E-state index is -0.759. The van der Waals surface area contributed by atoms with Crippen LogP contribution in [-0.4, -0.2) is 12.6 Å². The molecule has 1 aromatic rings. The van der Waals surface area contributed by atoms with Crippen LogP contribution in [0.15, 0.2) is 30.3 Å². The molecule has 0 saturated heterocycles. The molecule has 0 aliphatic heterocycles. The van der Waals surface area contributed by atoms with Gasteiger partial charge in [-0.2, -0.15) is 0 Å². The van der Waals surface area contributed by atoms with Gasteiger partial charge in [0.25, 0.3) is 0 Å². The highest BCUT2D eigenvalue weighted by Gasteiger charge is 2.01. The third kappa shape index (κ3) is 3.09. The van der Waals surface area contributed by atoms with Gasteiger partial charge in [-0.15, -0.1) is 0 Å². The Morgan fingerprint density at radius 3 is 2.80 bits per heavy atom. The summed E-state index contributed by atoms with van der Waals surface area (Å²) in [4.78, 5) is 10.9. The summed E-state index contributed by atoms with van der Waals surface area (Å²) in [5.41, 5.74) is -0.134. The zero-order chi connectivity index (χ0) is 11.3. The minimum absolute atomic E-state index is 0.134. The fraction of sp³-hybridized carbons (Fsp3) is 0.182. The molecule has 80 valence electrons. The Morgan fingerprint density at radius 1 is 1.53 bits per heavy atom. The van der Waals surface area contributed by atoms with E-state index in [1.165, 1.54) is 18.2 Å². The Morgan fingerprint density at radius 2 is 2.20 bits per heavy atom. The normalized spacial score (nSPS) is 11.2. The van der Waals surface area contributed by atoms with E-state index in [4.69, 9.17) is 0 Å². The maximum Gasteiger partial charge on any atom is 0.330 e. The molecular weight excluding hydrogens is 199 g/mol. The monoisotopic (exact) mass is 209 g/mol. The molecule has 0 bridgehead atoms. The van der Waals surface area contributed by atoms with Gasteiger partial charge in [-0.3, -0.25) is 0 Å². The summed E-state index contributed by atoms with van der Waals surface area (Å²) in [7, 11) is 0. The van der Waals surface area contributed by atoms with Gasteiger partial charge in [-0.25, -0.2) is 9.18 Å². The van der Waals surface area contributed by atoms with Crippen LogP contribution in [0.3, 0.4) is 0 Å². The average molecular weight is 209 g/mol. The van der Waals surface area contributed by atoms with E-state index < -0.39 is 17.5 Å². The molecule has 0 aliphatic rings. The van der Waals surface area contributed by atoms with Crippen LogP contribution in [0.4, 0.5) is 4.39 Å². The highest BCUT2D eigenvalue weighted by Crippen LogP contribution is 2.12. The van der Waals surface area contributed by atoms with Crippen molar-refractivity contribution in [2.24, 2.45) is 0 Å². The molecular formula is C11H10FO3-. The summed E-state index contributed by atoms with van der Waals surface area (Å²) in [5, 5.41) is 11.4. The summed E-state index contributed by atoms with van der Waals surface area (Å²) in [5.74, 6) is -2.10. The number of carbonyl (C=O) groups is 1. The van der Waals surface area contributed by atoms with E-state index in [0.717, 1.165) is 12.1 Å². The van der Waals surface area contributed by atoms with Crippen molar-refractivity contribution in [1.82, 2.24) is 0 Å². The zero-order valence-corrected chi connectivity index (χ0v) is 8.20. The maximum atomic E-state index is 13.1. The van der Waals surface area contributed by atoms with Gasteiger partial charge in [0, 0.05) is 11.6 Å². The lowest BCUT2D eigenvalue weighted by Gasteiger charge is -2.12. The van der Waals surface area contributed by atoms with Crippen LogP contribution in [0.1, 0.15) is 12.5 Å². The maximum absolute atomic E-state index is 13.1. The van der Waals surface area contributed by atoms with Crippen molar-refractivity contribution in [3.63, 3.8) is 0 Å². The molecule has 0 aromatic heterocycles. The number of hydrogen-bond acceptors (Lipinski definition) is 3. The van der Waals surface area contributed by atoms with Crippen molar-refractivity contribution in [3.8, 4) is 0 Å². The molecule has 0 aliphatic carbocycles.